The van der Waals surface area contributed by atoms with E-state index in [0.717, 1.165) is 48.9 Å². The van der Waals surface area contributed by atoms with Gasteiger partial charge in [-0.25, -0.2) is 9.78 Å². The lowest BCUT2D eigenvalue weighted by atomic mass is 10.1. The van der Waals surface area contributed by atoms with Crippen molar-refractivity contribution in [1.29, 1.82) is 0 Å². The topological polar surface area (TPSA) is 66.5 Å². The molecule has 2 N–H and O–H groups in total. The number of urea groups is 1. The smallest absolute Gasteiger partial charge is 0.319 e. The molecule has 2 amide bonds. The number of nitrogens with zero attached hydrogens (tertiary/aromatic N) is 2. The molecule has 6 nitrogen and oxygen atoms in total. The van der Waals surface area contributed by atoms with Crippen molar-refractivity contribution in [3.05, 3.63) is 45.9 Å². The number of amides is 2. The van der Waals surface area contributed by atoms with Crippen molar-refractivity contribution < 1.29 is 9.53 Å². The molecule has 0 aliphatic carbocycles. The number of anilines is 1. The van der Waals surface area contributed by atoms with Crippen LogP contribution in [0.3, 0.4) is 0 Å². The Balaban J connectivity index is 1.50. The molecule has 0 bridgehead atoms. The summed E-state index contributed by atoms with van der Waals surface area (Å²) in [6, 6.07) is 8.21. The Kier molecular flexibility index (Phi) is 8.87. The zero-order chi connectivity index (χ0) is 22.2. The van der Waals surface area contributed by atoms with Gasteiger partial charge < -0.3 is 15.4 Å². The van der Waals surface area contributed by atoms with Crippen molar-refractivity contribution in [3.63, 3.8) is 0 Å². The molecule has 170 valence electrons. The second-order valence-electron chi connectivity index (χ2n) is 8.55. The minimum Gasteiger partial charge on any atom is -0.377 e. The number of carbonyl (C=O) groups is 1. The number of hydrogen-bond donors (Lipinski definition) is 2. The van der Waals surface area contributed by atoms with E-state index in [4.69, 9.17) is 4.74 Å². The largest absolute Gasteiger partial charge is 0.377 e. The summed E-state index contributed by atoms with van der Waals surface area (Å²) in [6.07, 6.45) is 4.86. The van der Waals surface area contributed by atoms with E-state index >= 15 is 0 Å². The molecule has 2 atom stereocenters. The summed E-state index contributed by atoms with van der Waals surface area (Å²) >= 11 is 1.63. The second-order valence-corrected chi connectivity index (χ2v) is 9.49. The lowest BCUT2D eigenvalue weighted by Gasteiger charge is -2.32. The molecule has 31 heavy (non-hydrogen) atoms. The van der Waals surface area contributed by atoms with E-state index in [2.05, 4.69) is 53.4 Å². The number of aromatic nitrogens is 1. The first-order chi connectivity index (χ1) is 14.9. The first kappa shape index (κ1) is 23.7. The van der Waals surface area contributed by atoms with Gasteiger partial charge in [0.1, 0.15) is 0 Å². The first-order valence-electron chi connectivity index (χ1n) is 11.4. The van der Waals surface area contributed by atoms with E-state index in [-0.39, 0.29) is 12.1 Å². The van der Waals surface area contributed by atoms with Crippen molar-refractivity contribution in [1.82, 2.24) is 15.2 Å². The van der Waals surface area contributed by atoms with Gasteiger partial charge >= 0.3 is 6.03 Å². The van der Waals surface area contributed by atoms with Crippen molar-refractivity contribution in [3.8, 4) is 0 Å². The SMILES string of the molecule is CCc1nc([C@H](C)NC(=O)Nc2ccc(CN(C[C@H]3CCCCO3)C(C)C)cc2)cs1. The van der Waals surface area contributed by atoms with Crippen LogP contribution < -0.4 is 10.6 Å². The van der Waals surface area contributed by atoms with Gasteiger partial charge in [0.2, 0.25) is 0 Å². The Bertz CT molecular complexity index is 815. The van der Waals surface area contributed by atoms with E-state index in [9.17, 15) is 4.79 Å². The molecule has 1 saturated heterocycles. The van der Waals surface area contributed by atoms with E-state index < -0.39 is 0 Å². The quantitative estimate of drug-likeness (QED) is 0.546. The summed E-state index contributed by atoms with van der Waals surface area (Å²) in [6.45, 7) is 11.2. The predicted molar refractivity (Wildman–Crippen MR) is 128 cm³/mol. The minimum absolute atomic E-state index is 0.127. The Hall–Kier alpha value is -1.96. The number of rotatable bonds is 9. The Morgan fingerprint density at radius 1 is 1.26 bits per heavy atom. The molecule has 2 aromatic rings. The van der Waals surface area contributed by atoms with Crippen LogP contribution in [0, 0.1) is 0 Å². The number of hydrogen-bond acceptors (Lipinski definition) is 5. The number of nitrogens with one attached hydrogen (secondary N) is 2. The molecule has 0 saturated carbocycles. The van der Waals surface area contributed by atoms with Crippen LogP contribution in [0.4, 0.5) is 10.5 Å². The molecule has 1 aliphatic heterocycles. The van der Waals surface area contributed by atoms with Gasteiger partial charge in [0.15, 0.2) is 0 Å². The summed E-state index contributed by atoms with van der Waals surface area (Å²) < 4.78 is 5.93. The molecule has 1 aromatic carbocycles. The summed E-state index contributed by atoms with van der Waals surface area (Å²) in [5.74, 6) is 0. The highest BCUT2D eigenvalue weighted by Gasteiger charge is 2.20. The van der Waals surface area contributed by atoms with Crippen LogP contribution in [0.2, 0.25) is 0 Å². The maximum absolute atomic E-state index is 12.4. The van der Waals surface area contributed by atoms with Gasteiger partial charge in [-0.05, 0) is 64.2 Å². The summed E-state index contributed by atoms with van der Waals surface area (Å²) in [5.41, 5.74) is 2.93. The van der Waals surface area contributed by atoms with Crippen LogP contribution >= 0.6 is 11.3 Å². The van der Waals surface area contributed by atoms with Gasteiger partial charge in [-0.15, -0.1) is 11.3 Å². The van der Waals surface area contributed by atoms with Gasteiger partial charge in [-0.2, -0.15) is 0 Å². The van der Waals surface area contributed by atoms with Crippen LogP contribution in [-0.2, 0) is 17.7 Å². The fourth-order valence-corrected chi connectivity index (χ4v) is 4.56. The average molecular weight is 445 g/mol. The van der Waals surface area contributed by atoms with Crippen molar-refractivity contribution in [2.45, 2.75) is 78.1 Å². The molecule has 0 spiro atoms. The van der Waals surface area contributed by atoms with Crippen LogP contribution in [0.5, 0.6) is 0 Å². The third-order valence-electron chi connectivity index (χ3n) is 5.70. The molecule has 0 unspecified atom stereocenters. The van der Waals surface area contributed by atoms with Crippen LogP contribution in [0.25, 0.3) is 0 Å². The Labute approximate surface area is 190 Å². The van der Waals surface area contributed by atoms with Crippen LogP contribution in [0.15, 0.2) is 29.6 Å². The summed E-state index contributed by atoms with van der Waals surface area (Å²) in [7, 11) is 0. The maximum Gasteiger partial charge on any atom is 0.319 e. The average Bonchev–Trinajstić information content (AvgIpc) is 3.25. The zero-order valence-corrected chi connectivity index (χ0v) is 20.0. The number of ether oxygens (including phenoxy) is 1. The van der Waals surface area contributed by atoms with Gasteiger partial charge in [0, 0.05) is 36.8 Å². The van der Waals surface area contributed by atoms with Crippen molar-refractivity contribution >= 4 is 23.1 Å². The van der Waals surface area contributed by atoms with Crippen LogP contribution in [-0.4, -0.2) is 41.2 Å². The lowest BCUT2D eigenvalue weighted by Crippen LogP contribution is -2.39. The highest BCUT2D eigenvalue weighted by atomic mass is 32.1. The third kappa shape index (κ3) is 7.30. The van der Waals surface area contributed by atoms with Crippen molar-refractivity contribution in [2.75, 3.05) is 18.5 Å². The molecule has 3 rings (SSSR count). The molecule has 1 aromatic heterocycles. The molecule has 1 aliphatic rings. The van der Waals surface area contributed by atoms with Gasteiger partial charge in [-0.1, -0.05) is 19.1 Å². The first-order valence-corrected chi connectivity index (χ1v) is 12.3. The molecular formula is C24H36N4O2S. The number of aryl methyl sites for hydroxylation is 1. The van der Waals surface area contributed by atoms with E-state index in [0.29, 0.717) is 12.1 Å². The number of benzene rings is 1. The standard InChI is InChI=1S/C24H36N4O2S/c1-5-23-27-22(16-31-23)18(4)25-24(29)26-20-11-9-19(10-12-20)14-28(17(2)3)15-21-8-6-7-13-30-21/h9-12,16-18,21H,5-8,13-15H2,1-4H3,(H2,25,26,29)/t18-,21+/m0/s1. The highest BCUT2D eigenvalue weighted by Crippen LogP contribution is 2.19. The molecule has 1 fully saturated rings. The zero-order valence-electron chi connectivity index (χ0n) is 19.2. The van der Waals surface area contributed by atoms with E-state index in [1.54, 1.807) is 11.3 Å². The maximum atomic E-state index is 12.4. The predicted octanol–water partition coefficient (Wildman–Crippen LogP) is 5.37. The van der Waals surface area contributed by atoms with E-state index in [1.807, 2.05) is 24.4 Å². The summed E-state index contributed by atoms with van der Waals surface area (Å²) in [4.78, 5) is 19.4. The van der Waals surface area contributed by atoms with E-state index in [1.165, 1.54) is 18.4 Å². The molecule has 7 heteroatoms. The minimum atomic E-state index is -0.218. The monoisotopic (exact) mass is 444 g/mol. The van der Waals surface area contributed by atoms with Gasteiger partial charge in [0.05, 0.1) is 22.8 Å². The lowest BCUT2D eigenvalue weighted by molar-refractivity contribution is -0.0129. The summed E-state index contributed by atoms with van der Waals surface area (Å²) in [5, 5.41) is 8.99. The normalized spacial score (nSPS) is 17.7. The van der Waals surface area contributed by atoms with Crippen LogP contribution in [0.1, 0.15) is 69.3 Å². The van der Waals surface area contributed by atoms with Gasteiger partial charge in [0.25, 0.3) is 0 Å². The number of thiazole rings is 1. The second kappa shape index (κ2) is 11.6. The molecule has 0 radical (unpaired) electrons. The fraction of sp³-hybridized carbons (Fsp3) is 0.583. The Morgan fingerprint density at radius 2 is 2.03 bits per heavy atom. The Morgan fingerprint density at radius 3 is 2.65 bits per heavy atom. The number of carbonyl (C=O) groups excluding carboxylic acids is 1. The fourth-order valence-electron chi connectivity index (χ4n) is 3.72. The molecular weight excluding hydrogens is 408 g/mol. The highest BCUT2D eigenvalue weighted by molar-refractivity contribution is 7.09. The molecule has 2 heterocycles. The van der Waals surface area contributed by atoms with Crippen molar-refractivity contribution in [2.24, 2.45) is 0 Å². The van der Waals surface area contributed by atoms with Gasteiger partial charge in [-0.3, -0.25) is 4.90 Å². The third-order valence-corrected chi connectivity index (χ3v) is 6.71.